The van der Waals surface area contributed by atoms with Crippen molar-refractivity contribution in [3.8, 4) is 17.6 Å². The van der Waals surface area contributed by atoms with Crippen LogP contribution in [0.25, 0.3) is 0 Å². The van der Waals surface area contributed by atoms with Crippen LogP contribution >= 0.6 is 0 Å². The molecule has 65 heavy (non-hydrogen) atoms. The summed E-state index contributed by atoms with van der Waals surface area (Å²) >= 11 is 0. The molecule has 2 fully saturated rings. The van der Waals surface area contributed by atoms with E-state index >= 15 is 14.4 Å². The number of carbonyl (C=O) groups excluding carboxylic acids is 6. The summed E-state index contributed by atoms with van der Waals surface area (Å²) in [5, 5.41) is 18.0. The maximum absolute atomic E-state index is 16.4. The van der Waals surface area contributed by atoms with Gasteiger partial charge < -0.3 is 41.0 Å². The van der Waals surface area contributed by atoms with Crippen molar-refractivity contribution in [3.63, 3.8) is 0 Å². The summed E-state index contributed by atoms with van der Waals surface area (Å²) in [4.78, 5) is 89.1. The molecule has 1 spiro atoms. The number of nitrogens with two attached hydrogens (primary N) is 1. The third-order valence-electron chi connectivity index (χ3n) is 11.9. The molecule has 7 rings (SSSR count). The van der Waals surface area contributed by atoms with E-state index in [2.05, 4.69) is 34.4 Å². The Bertz CT molecular complexity index is 2540. The van der Waals surface area contributed by atoms with Crippen LogP contribution in [0, 0.1) is 23.7 Å². The first-order chi connectivity index (χ1) is 31.4. The number of amides is 6. The van der Waals surface area contributed by atoms with Crippen LogP contribution in [0.1, 0.15) is 59.9 Å². The predicted molar refractivity (Wildman–Crippen MR) is 238 cm³/mol. The number of nitrogens with one attached hydrogen (secondary N) is 3. The fourth-order valence-electron chi connectivity index (χ4n) is 9.33. The number of cyclic esters (lactones) is 1. The number of nitrogens with zero attached hydrogens (tertiary/aromatic N) is 2. The standard InChI is InChI=1S/C49H50N6O10/c1-5-24-51-43(57)37-40-45(59)65-41(32-18-10-7-11-19-32)39(31-16-8-6-9-17-31)55(40)42(33-20-12-13-21-36(33)64-27-26-56)49(37)34-28-30(15-14-25-52-47(50)61)22-23-35(34)54(46(49)60)48(62)53-38(29(2)3)44(58)63-4/h5-13,16-23,28-29,37-42,56H,1,24-27H2,2-4H3,(H,51,57)(H,53,62)(H3,50,52,61)/t37-,38-,39-,40-,41+,42+,49-/m0/s1. The lowest BCUT2D eigenvalue weighted by Gasteiger charge is -2.46. The Hall–Kier alpha value is -7.48. The first-order valence-electron chi connectivity index (χ1n) is 21.1. The number of primary amides is 1. The molecular formula is C49H50N6O10. The number of urea groups is 2. The fraction of sp³-hybridized carbons (Fsp3) is 0.306. The van der Waals surface area contributed by atoms with Crippen LogP contribution in [0.4, 0.5) is 15.3 Å². The molecule has 16 nitrogen and oxygen atoms in total. The van der Waals surface area contributed by atoms with Gasteiger partial charge in [0.05, 0.1) is 44.0 Å². The number of morpholine rings is 1. The third kappa shape index (κ3) is 8.39. The fourth-order valence-corrected chi connectivity index (χ4v) is 9.33. The topological polar surface area (TPSA) is 219 Å². The summed E-state index contributed by atoms with van der Waals surface area (Å²) in [5.74, 6) is 0.767. The molecule has 0 saturated carbocycles. The van der Waals surface area contributed by atoms with Crippen molar-refractivity contribution in [2.45, 2.75) is 49.5 Å². The predicted octanol–water partition coefficient (Wildman–Crippen LogP) is 3.95. The summed E-state index contributed by atoms with van der Waals surface area (Å²) in [6.07, 6.45) is 0.473. The van der Waals surface area contributed by atoms with Crippen LogP contribution < -0.4 is 31.3 Å². The van der Waals surface area contributed by atoms with E-state index < -0.39 is 83.3 Å². The highest BCUT2D eigenvalue weighted by atomic mass is 16.6. The summed E-state index contributed by atoms with van der Waals surface area (Å²) in [7, 11) is 1.18. The quantitative estimate of drug-likeness (QED) is 0.0736. The number of aliphatic hydroxyl groups is 1. The average Bonchev–Trinajstić information content (AvgIpc) is 3.77. The molecule has 7 atom stereocenters. The maximum atomic E-state index is 16.4. The molecule has 6 N–H and O–H groups in total. The minimum Gasteiger partial charge on any atom is -0.491 e. The van der Waals surface area contributed by atoms with Gasteiger partial charge in [0.1, 0.15) is 36.0 Å². The highest BCUT2D eigenvalue weighted by Gasteiger charge is 2.76. The molecule has 4 aromatic carbocycles. The van der Waals surface area contributed by atoms with Crippen LogP contribution in [0.5, 0.6) is 5.75 Å². The van der Waals surface area contributed by atoms with Gasteiger partial charge in [-0.25, -0.2) is 19.3 Å². The van der Waals surface area contributed by atoms with E-state index in [0.29, 0.717) is 22.3 Å². The van der Waals surface area contributed by atoms with Crippen LogP contribution in [-0.2, 0) is 34.1 Å². The van der Waals surface area contributed by atoms with Crippen molar-refractivity contribution in [1.29, 1.82) is 0 Å². The molecule has 3 aliphatic rings. The van der Waals surface area contributed by atoms with Gasteiger partial charge in [-0.2, -0.15) is 0 Å². The Morgan fingerprint density at radius 1 is 0.938 bits per heavy atom. The van der Waals surface area contributed by atoms with E-state index in [0.717, 1.165) is 4.90 Å². The van der Waals surface area contributed by atoms with Gasteiger partial charge in [0.15, 0.2) is 0 Å². The maximum Gasteiger partial charge on any atom is 0.329 e. The minimum atomic E-state index is -2.18. The van der Waals surface area contributed by atoms with E-state index in [-0.39, 0.29) is 43.3 Å². The zero-order chi connectivity index (χ0) is 46.4. The Balaban J connectivity index is 1.60. The van der Waals surface area contributed by atoms with Gasteiger partial charge in [0.2, 0.25) is 11.8 Å². The molecule has 16 heteroatoms. The first kappa shape index (κ1) is 45.5. The summed E-state index contributed by atoms with van der Waals surface area (Å²) in [5.41, 5.74) is 5.29. The van der Waals surface area contributed by atoms with Crippen molar-refractivity contribution in [2.75, 3.05) is 38.3 Å². The van der Waals surface area contributed by atoms with Gasteiger partial charge in [-0.1, -0.05) is 111 Å². The van der Waals surface area contributed by atoms with Crippen molar-refractivity contribution < 1.29 is 48.1 Å². The molecule has 0 bridgehead atoms. The highest BCUT2D eigenvalue weighted by molar-refractivity contribution is 6.25. The van der Waals surface area contributed by atoms with Crippen LogP contribution in [-0.4, -0.2) is 91.3 Å². The second-order valence-electron chi connectivity index (χ2n) is 16.0. The molecule has 6 amide bonds. The molecular weight excluding hydrogens is 833 g/mol. The lowest BCUT2D eigenvalue weighted by atomic mass is 9.65. The van der Waals surface area contributed by atoms with E-state index in [9.17, 15) is 19.5 Å². The summed E-state index contributed by atoms with van der Waals surface area (Å²) in [6.45, 7) is 6.49. The molecule has 0 aliphatic carbocycles. The van der Waals surface area contributed by atoms with E-state index in [1.807, 2.05) is 65.6 Å². The molecule has 0 unspecified atom stereocenters. The Morgan fingerprint density at radius 2 is 1.62 bits per heavy atom. The molecule has 0 radical (unpaired) electrons. The molecule has 4 aromatic rings. The molecule has 2 saturated heterocycles. The van der Waals surface area contributed by atoms with Crippen molar-refractivity contribution in [2.24, 2.45) is 17.6 Å². The van der Waals surface area contributed by atoms with Crippen LogP contribution in [0.15, 0.2) is 116 Å². The number of esters is 2. The molecule has 0 aromatic heterocycles. The number of hydrogen-bond acceptors (Lipinski definition) is 11. The monoisotopic (exact) mass is 882 g/mol. The minimum absolute atomic E-state index is 0.0463. The first-order valence-corrected chi connectivity index (χ1v) is 21.1. The van der Waals surface area contributed by atoms with Crippen LogP contribution in [0.2, 0.25) is 0 Å². The Kier molecular flexibility index (Phi) is 13.7. The number of hydrogen-bond donors (Lipinski definition) is 5. The lowest BCUT2D eigenvalue weighted by Crippen LogP contribution is -2.57. The van der Waals surface area contributed by atoms with Gasteiger partial charge in [-0.05, 0) is 46.9 Å². The van der Waals surface area contributed by atoms with Gasteiger partial charge in [-0.15, -0.1) is 6.58 Å². The van der Waals surface area contributed by atoms with Gasteiger partial charge in [0.25, 0.3) is 0 Å². The second-order valence-corrected chi connectivity index (χ2v) is 16.0. The van der Waals surface area contributed by atoms with Gasteiger partial charge in [0, 0.05) is 17.7 Å². The molecule has 336 valence electrons. The lowest BCUT2D eigenvalue weighted by molar-refractivity contribution is -0.178. The van der Waals surface area contributed by atoms with E-state index in [1.165, 1.54) is 19.3 Å². The number of methoxy groups -OCH3 is 1. The highest BCUT2D eigenvalue weighted by Crippen LogP contribution is 2.66. The van der Waals surface area contributed by atoms with Gasteiger partial charge >= 0.3 is 24.0 Å². The number of aliphatic hydroxyl groups excluding tert-OH is 1. The zero-order valence-electron chi connectivity index (χ0n) is 36.1. The number of benzene rings is 4. The number of carbonyl (C=O) groups is 6. The van der Waals surface area contributed by atoms with Crippen LogP contribution in [0.3, 0.4) is 0 Å². The smallest absolute Gasteiger partial charge is 0.329 e. The molecule has 3 heterocycles. The Labute approximate surface area is 376 Å². The third-order valence-corrected chi connectivity index (χ3v) is 11.9. The molecule has 3 aliphatic heterocycles. The second kappa shape index (κ2) is 19.5. The van der Waals surface area contributed by atoms with Crippen molar-refractivity contribution >= 4 is 41.5 Å². The Morgan fingerprint density at radius 3 is 2.26 bits per heavy atom. The largest absolute Gasteiger partial charge is 0.491 e. The SMILES string of the molecule is C=CCNC(=O)[C@@H]1[C@H]2C(=O)O[C@H](c3ccccc3)[C@H](c3ccccc3)N2[C@H](c2ccccc2OCCO)[C@@]12C(=O)N(C(=O)N[C@H](C(=O)OC)C(C)C)c1ccc(C#CCNC(N)=O)cc12. The number of fused-ring (bicyclic) bond motifs is 3. The number of rotatable bonds is 13. The number of imide groups is 1. The number of ether oxygens (including phenoxy) is 3. The summed E-state index contributed by atoms with van der Waals surface area (Å²) in [6, 6.07) is 23.2. The zero-order valence-corrected chi connectivity index (χ0v) is 36.1. The average molecular weight is 883 g/mol. The normalized spacial score (nSPS) is 22.4. The van der Waals surface area contributed by atoms with Crippen molar-refractivity contribution in [1.82, 2.24) is 20.9 Å². The number of para-hydroxylation sites is 1. The summed E-state index contributed by atoms with van der Waals surface area (Å²) < 4.78 is 17.7. The number of anilines is 1. The van der Waals surface area contributed by atoms with E-state index in [4.69, 9.17) is 19.9 Å². The van der Waals surface area contributed by atoms with E-state index in [1.54, 1.807) is 50.2 Å². The van der Waals surface area contributed by atoms with Crippen molar-refractivity contribution in [3.05, 3.63) is 144 Å². The van der Waals surface area contributed by atoms with Gasteiger partial charge in [-0.3, -0.25) is 19.3 Å².